The maximum absolute atomic E-state index is 10.5. The van der Waals surface area contributed by atoms with E-state index in [9.17, 15) is 4.79 Å². The Bertz CT molecular complexity index is 387. The number of hydrogen-bond acceptors (Lipinski definition) is 3. The minimum Gasteiger partial charge on any atom is -0.274 e. The molecule has 0 aliphatic carbocycles. The van der Waals surface area contributed by atoms with Crippen molar-refractivity contribution in [2.24, 2.45) is 5.10 Å². The fraction of sp³-hybridized carbons (Fsp3) is 0.100. The first-order valence-electron chi connectivity index (χ1n) is 4.02. The monoisotopic (exact) mass is 187 g/mol. The zero-order valence-corrected chi connectivity index (χ0v) is 7.69. The van der Waals surface area contributed by atoms with E-state index < -0.39 is 0 Å². The number of carbonyl (C=O) groups excluding carboxylic acids is 1. The van der Waals surface area contributed by atoms with Crippen LogP contribution >= 0.6 is 0 Å². The lowest BCUT2D eigenvalue weighted by Crippen LogP contribution is -2.12. The molecule has 0 aliphatic heterocycles. The summed E-state index contributed by atoms with van der Waals surface area (Å²) in [7, 11) is 0. The number of rotatable bonds is 2. The Hall–Kier alpha value is -2.15. The van der Waals surface area contributed by atoms with Crippen LogP contribution in [0.25, 0.3) is 0 Å². The van der Waals surface area contributed by atoms with Crippen molar-refractivity contribution in [3.8, 4) is 6.07 Å². The normalized spacial score (nSPS) is 9.71. The summed E-state index contributed by atoms with van der Waals surface area (Å²) in [6.45, 7) is 1.39. The molecule has 0 saturated heterocycles. The molecule has 1 aromatic rings. The van der Waals surface area contributed by atoms with Gasteiger partial charge in [-0.3, -0.25) is 4.79 Å². The zero-order chi connectivity index (χ0) is 10.4. The average Bonchev–Trinajstić information content (AvgIpc) is 2.18. The predicted octanol–water partition coefficient (Wildman–Crippen LogP) is 1.03. The lowest BCUT2D eigenvalue weighted by Gasteiger charge is -1.93. The highest BCUT2D eigenvalue weighted by molar-refractivity contribution is 5.81. The van der Waals surface area contributed by atoms with Crippen molar-refractivity contribution in [3.05, 3.63) is 35.4 Å². The average molecular weight is 187 g/mol. The van der Waals surface area contributed by atoms with Crippen LogP contribution in [0.4, 0.5) is 0 Å². The maximum Gasteiger partial charge on any atom is 0.236 e. The van der Waals surface area contributed by atoms with Crippen molar-refractivity contribution in [1.29, 1.82) is 5.26 Å². The van der Waals surface area contributed by atoms with E-state index in [1.54, 1.807) is 24.3 Å². The van der Waals surface area contributed by atoms with Crippen LogP contribution in [0.15, 0.2) is 29.4 Å². The fourth-order valence-electron chi connectivity index (χ4n) is 0.841. The molecular weight excluding hydrogens is 178 g/mol. The van der Waals surface area contributed by atoms with Crippen molar-refractivity contribution in [3.63, 3.8) is 0 Å². The Morgan fingerprint density at radius 3 is 2.64 bits per heavy atom. The standard InChI is InChI=1S/C10H9N3O/c1-8(14)13-12-7-10-4-2-9(6-11)3-5-10/h2-5,7H,1H3,(H,13,14)/b12-7+. The summed E-state index contributed by atoms with van der Waals surface area (Å²) in [5, 5.41) is 12.2. The largest absolute Gasteiger partial charge is 0.274 e. The van der Waals surface area contributed by atoms with E-state index in [1.165, 1.54) is 13.1 Å². The second-order valence-electron chi connectivity index (χ2n) is 2.66. The van der Waals surface area contributed by atoms with Gasteiger partial charge >= 0.3 is 0 Å². The van der Waals surface area contributed by atoms with Crippen LogP contribution in [0.5, 0.6) is 0 Å². The van der Waals surface area contributed by atoms with Crippen LogP contribution in [-0.2, 0) is 4.79 Å². The third-order valence-electron chi connectivity index (χ3n) is 1.48. The highest BCUT2D eigenvalue weighted by atomic mass is 16.2. The third kappa shape index (κ3) is 3.07. The number of nitriles is 1. The Morgan fingerprint density at radius 1 is 1.50 bits per heavy atom. The Kier molecular flexibility index (Phi) is 3.39. The van der Waals surface area contributed by atoms with Crippen molar-refractivity contribution in [2.45, 2.75) is 6.92 Å². The number of benzene rings is 1. The van der Waals surface area contributed by atoms with Crippen LogP contribution in [0, 0.1) is 11.3 Å². The fourth-order valence-corrected chi connectivity index (χ4v) is 0.841. The number of nitrogens with zero attached hydrogens (tertiary/aromatic N) is 2. The molecule has 0 bridgehead atoms. The molecule has 1 aromatic carbocycles. The minimum absolute atomic E-state index is 0.213. The summed E-state index contributed by atoms with van der Waals surface area (Å²) in [6, 6.07) is 8.90. The van der Waals surface area contributed by atoms with Gasteiger partial charge in [0.2, 0.25) is 5.91 Å². The Labute approximate surface area is 81.9 Å². The topological polar surface area (TPSA) is 65.2 Å². The van der Waals surface area contributed by atoms with Gasteiger partial charge in [0.1, 0.15) is 0 Å². The van der Waals surface area contributed by atoms with Gasteiger partial charge in [0.15, 0.2) is 0 Å². The quantitative estimate of drug-likeness (QED) is 0.555. The molecule has 1 amide bonds. The molecule has 0 unspecified atom stereocenters. The molecule has 0 aromatic heterocycles. The molecule has 70 valence electrons. The van der Waals surface area contributed by atoms with Gasteiger partial charge in [0, 0.05) is 6.92 Å². The van der Waals surface area contributed by atoms with E-state index in [0.29, 0.717) is 5.56 Å². The Morgan fingerprint density at radius 2 is 2.14 bits per heavy atom. The van der Waals surface area contributed by atoms with E-state index in [1.807, 2.05) is 6.07 Å². The van der Waals surface area contributed by atoms with Gasteiger partial charge in [0.25, 0.3) is 0 Å². The van der Waals surface area contributed by atoms with Gasteiger partial charge in [-0.25, -0.2) is 5.43 Å². The summed E-state index contributed by atoms with van der Waals surface area (Å²) < 4.78 is 0. The van der Waals surface area contributed by atoms with Gasteiger partial charge in [0.05, 0.1) is 17.8 Å². The summed E-state index contributed by atoms with van der Waals surface area (Å²) in [4.78, 5) is 10.5. The second kappa shape index (κ2) is 4.77. The van der Waals surface area contributed by atoms with Gasteiger partial charge in [-0.15, -0.1) is 0 Å². The van der Waals surface area contributed by atoms with E-state index in [4.69, 9.17) is 5.26 Å². The van der Waals surface area contributed by atoms with Crippen molar-refractivity contribution in [1.82, 2.24) is 5.43 Å². The van der Waals surface area contributed by atoms with Crippen LogP contribution < -0.4 is 5.43 Å². The number of hydrogen-bond donors (Lipinski definition) is 1. The van der Waals surface area contributed by atoms with Crippen molar-refractivity contribution in [2.75, 3.05) is 0 Å². The number of nitrogens with one attached hydrogen (secondary N) is 1. The smallest absolute Gasteiger partial charge is 0.236 e. The molecular formula is C10H9N3O. The van der Waals surface area contributed by atoms with Gasteiger partial charge in [-0.05, 0) is 17.7 Å². The van der Waals surface area contributed by atoms with Crippen LogP contribution in [-0.4, -0.2) is 12.1 Å². The highest BCUT2D eigenvalue weighted by Gasteiger charge is 1.90. The number of carbonyl (C=O) groups is 1. The van der Waals surface area contributed by atoms with Crippen LogP contribution in [0.1, 0.15) is 18.1 Å². The molecule has 0 radical (unpaired) electrons. The number of hydrazone groups is 1. The Balaban J connectivity index is 2.65. The number of amides is 1. The van der Waals surface area contributed by atoms with E-state index in [-0.39, 0.29) is 5.91 Å². The molecule has 1 N–H and O–H groups in total. The zero-order valence-electron chi connectivity index (χ0n) is 7.69. The predicted molar refractivity (Wildman–Crippen MR) is 52.6 cm³/mol. The third-order valence-corrected chi connectivity index (χ3v) is 1.48. The molecule has 0 saturated carbocycles. The first-order valence-corrected chi connectivity index (χ1v) is 4.02. The lowest BCUT2D eigenvalue weighted by molar-refractivity contribution is -0.118. The molecule has 0 heterocycles. The van der Waals surface area contributed by atoms with Gasteiger partial charge in [-0.2, -0.15) is 10.4 Å². The second-order valence-corrected chi connectivity index (χ2v) is 2.66. The van der Waals surface area contributed by atoms with Crippen molar-refractivity contribution >= 4 is 12.1 Å². The SMILES string of the molecule is CC(=O)N/N=C/c1ccc(C#N)cc1. The summed E-state index contributed by atoms with van der Waals surface area (Å²) in [6.07, 6.45) is 1.52. The summed E-state index contributed by atoms with van der Waals surface area (Å²) >= 11 is 0. The molecule has 4 heteroatoms. The molecule has 0 fully saturated rings. The van der Waals surface area contributed by atoms with Gasteiger partial charge < -0.3 is 0 Å². The lowest BCUT2D eigenvalue weighted by atomic mass is 10.2. The first kappa shape index (κ1) is 9.93. The molecule has 1 rings (SSSR count). The summed E-state index contributed by atoms with van der Waals surface area (Å²) in [5.41, 5.74) is 3.72. The van der Waals surface area contributed by atoms with E-state index in [2.05, 4.69) is 10.5 Å². The van der Waals surface area contributed by atoms with Crippen molar-refractivity contribution < 1.29 is 4.79 Å². The minimum atomic E-state index is -0.213. The highest BCUT2D eigenvalue weighted by Crippen LogP contribution is 2.00. The molecule has 14 heavy (non-hydrogen) atoms. The van der Waals surface area contributed by atoms with E-state index in [0.717, 1.165) is 5.56 Å². The first-order chi connectivity index (χ1) is 6.72. The van der Waals surface area contributed by atoms with E-state index >= 15 is 0 Å². The maximum atomic E-state index is 10.5. The molecule has 4 nitrogen and oxygen atoms in total. The van der Waals surface area contributed by atoms with Gasteiger partial charge in [-0.1, -0.05) is 12.1 Å². The van der Waals surface area contributed by atoms with Crippen LogP contribution in [0.2, 0.25) is 0 Å². The van der Waals surface area contributed by atoms with Crippen LogP contribution in [0.3, 0.4) is 0 Å². The molecule has 0 atom stereocenters. The molecule has 0 spiro atoms. The summed E-state index contributed by atoms with van der Waals surface area (Å²) in [5.74, 6) is -0.213. The molecule has 0 aliphatic rings.